The maximum Gasteiger partial charge on any atom is 0.267 e. The number of hydrogen-bond donors (Lipinski definition) is 1. The first-order valence-corrected chi connectivity index (χ1v) is 7.33. The van der Waals surface area contributed by atoms with E-state index in [0.29, 0.717) is 27.1 Å². The Morgan fingerprint density at radius 1 is 1.23 bits per heavy atom. The molecule has 2 heterocycles. The van der Waals surface area contributed by atoms with Gasteiger partial charge in [0, 0.05) is 6.20 Å². The molecule has 0 radical (unpaired) electrons. The van der Waals surface area contributed by atoms with Crippen LogP contribution in [0.4, 0.5) is 0 Å². The third kappa shape index (κ3) is 2.37. The van der Waals surface area contributed by atoms with Gasteiger partial charge in [-0.15, -0.1) is 0 Å². The lowest BCUT2D eigenvalue weighted by Crippen LogP contribution is -2.27. The van der Waals surface area contributed by atoms with Crippen LogP contribution >= 0.6 is 23.2 Å². The maximum absolute atomic E-state index is 12.9. The van der Waals surface area contributed by atoms with Crippen LogP contribution in [0, 0.1) is 0 Å². The normalized spacial score (nSPS) is 12.5. The van der Waals surface area contributed by atoms with E-state index in [0.717, 1.165) is 0 Å². The number of fused-ring (bicyclic) bond motifs is 1. The molecule has 0 aliphatic heterocycles. The third-order valence-corrected chi connectivity index (χ3v) is 3.88. The minimum absolute atomic E-state index is 0.266. The first kappa shape index (κ1) is 15.0. The topological polar surface area (TPSA) is 73.8 Å². The molecule has 2 aromatic heterocycles. The van der Waals surface area contributed by atoms with Gasteiger partial charge in [0.2, 0.25) is 0 Å². The van der Waals surface area contributed by atoms with Gasteiger partial charge in [-0.05, 0) is 31.2 Å². The Bertz CT molecular complexity index is 907. The fraction of sp³-hybridized carbons (Fsp3) is 0.133. The average Bonchev–Trinajstić information content (AvgIpc) is 2.51. The molecule has 0 bridgehead atoms. The third-order valence-electron chi connectivity index (χ3n) is 3.26. The number of halogens is 2. The van der Waals surface area contributed by atoms with Crippen molar-refractivity contribution in [2.24, 2.45) is 5.73 Å². The number of nitrogens with two attached hydrogens (primary N) is 1. The van der Waals surface area contributed by atoms with Crippen LogP contribution in [0.5, 0.6) is 0 Å². The lowest BCUT2D eigenvalue weighted by Gasteiger charge is -2.16. The second-order valence-corrected chi connectivity index (χ2v) is 5.68. The van der Waals surface area contributed by atoms with Crippen molar-refractivity contribution >= 4 is 34.1 Å². The van der Waals surface area contributed by atoms with Gasteiger partial charge in [0.25, 0.3) is 5.56 Å². The zero-order chi connectivity index (χ0) is 15.9. The van der Waals surface area contributed by atoms with Gasteiger partial charge in [0.1, 0.15) is 5.82 Å². The smallest absolute Gasteiger partial charge is 0.267 e. The highest BCUT2D eigenvalue weighted by molar-refractivity contribution is 6.39. The summed E-state index contributed by atoms with van der Waals surface area (Å²) in [4.78, 5) is 21.4. The van der Waals surface area contributed by atoms with Gasteiger partial charge >= 0.3 is 0 Å². The van der Waals surface area contributed by atoms with Crippen molar-refractivity contribution in [3.63, 3.8) is 0 Å². The van der Waals surface area contributed by atoms with E-state index >= 15 is 0 Å². The van der Waals surface area contributed by atoms with Crippen LogP contribution in [0.1, 0.15) is 18.8 Å². The fourth-order valence-electron chi connectivity index (χ4n) is 2.28. The molecule has 0 aliphatic rings. The van der Waals surface area contributed by atoms with Gasteiger partial charge in [0.15, 0.2) is 0 Å². The zero-order valence-corrected chi connectivity index (χ0v) is 13.1. The zero-order valence-electron chi connectivity index (χ0n) is 11.6. The minimum atomic E-state index is -0.465. The van der Waals surface area contributed by atoms with E-state index in [4.69, 9.17) is 28.9 Å². The Balaban J connectivity index is 2.51. The van der Waals surface area contributed by atoms with Crippen LogP contribution in [-0.4, -0.2) is 14.5 Å². The molecule has 0 saturated carbocycles. The number of nitrogens with zero attached hydrogens (tertiary/aromatic N) is 3. The van der Waals surface area contributed by atoms with Gasteiger partial charge in [-0.1, -0.05) is 23.2 Å². The lowest BCUT2D eigenvalue weighted by molar-refractivity contribution is 0.695. The Labute approximate surface area is 136 Å². The summed E-state index contributed by atoms with van der Waals surface area (Å²) in [7, 11) is 0. The highest BCUT2D eigenvalue weighted by Gasteiger charge is 2.18. The van der Waals surface area contributed by atoms with Crippen LogP contribution in [-0.2, 0) is 0 Å². The monoisotopic (exact) mass is 334 g/mol. The molecular formula is C15H12Cl2N4O. The largest absolute Gasteiger partial charge is 0.322 e. The Morgan fingerprint density at radius 3 is 2.59 bits per heavy atom. The number of pyridine rings is 1. The van der Waals surface area contributed by atoms with Crippen LogP contribution in [0.25, 0.3) is 16.6 Å². The van der Waals surface area contributed by atoms with E-state index in [-0.39, 0.29) is 10.9 Å². The van der Waals surface area contributed by atoms with Crippen molar-refractivity contribution in [3.05, 3.63) is 62.9 Å². The SMILES string of the molecule is C[C@H](N)c1nc2c(Cl)ccc(Cl)c2c(=O)n1-c1cccnc1. The van der Waals surface area contributed by atoms with Crippen molar-refractivity contribution < 1.29 is 0 Å². The van der Waals surface area contributed by atoms with Crippen molar-refractivity contribution in [3.8, 4) is 5.69 Å². The molecule has 7 heteroatoms. The quantitative estimate of drug-likeness (QED) is 0.781. The first-order chi connectivity index (χ1) is 10.5. The van der Waals surface area contributed by atoms with Gasteiger partial charge < -0.3 is 5.73 Å². The van der Waals surface area contributed by atoms with Crippen LogP contribution < -0.4 is 11.3 Å². The van der Waals surface area contributed by atoms with Crippen LogP contribution in [0.3, 0.4) is 0 Å². The molecular weight excluding hydrogens is 323 g/mol. The molecule has 0 aliphatic carbocycles. The Hall–Kier alpha value is -1.95. The summed E-state index contributed by atoms with van der Waals surface area (Å²) in [6.07, 6.45) is 3.19. The van der Waals surface area contributed by atoms with E-state index < -0.39 is 6.04 Å². The molecule has 0 saturated heterocycles. The van der Waals surface area contributed by atoms with Crippen molar-refractivity contribution in [1.29, 1.82) is 0 Å². The molecule has 5 nitrogen and oxygen atoms in total. The molecule has 22 heavy (non-hydrogen) atoms. The number of rotatable bonds is 2. The lowest BCUT2D eigenvalue weighted by atomic mass is 10.2. The summed E-state index contributed by atoms with van der Waals surface area (Å²) in [5, 5.41) is 0.921. The predicted molar refractivity (Wildman–Crippen MR) is 87.8 cm³/mol. The molecule has 0 spiro atoms. The van der Waals surface area contributed by atoms with E-state index in [9.17, 15) is 4.79 Å². The van der Waals surface area contributed by atoms with E-state index in [2.05, 4.69) is 9.97 Å². The highest BCUT2D eigenvalue weighted by atomic mass is 35.5. The van der Waals surface area contributed by atoms with Gasteiger partial charge in [-0.2, -0.15) is 0 Å². The molecule has 0 fully saturated rings. The molecule has 2 N–H and O–H groups in total. The number of hydrogen-bond acceptors (Lipinski definition) is 4. The van der Waals surface area contributed by atoms with Crippen LogP contribution in [0.15, 0.2) is 41.5 Å². The molecule has 1 atom stereocenters. The van der Waals surface area contributed by atoms with E-state index in [1.165, 1.54) is 4.57 Å². The standard InChI is InChI=1S/C15H12Cl2N4O/c1-8(18)14-20-13-11(17)5-4-10(16)12(13)15(22)21(14)9-3-2-6-19-7-9/h2-8H,18H2,1H3/t8-/m0/s1. The average molecular weight is 335 g/mol. The number of aromatic nitrogens is 3. The van der Waals surface area contributed by atoms with Gasteiger partial charge in [-0.3, -0.25) is 14.3 Å². The van der Waals surface area contributed by atoms with Gasteiger partial charge in [0.05, 0.1) is 38.9 Å². The number of benzene rings is 1. The molecule has 0 unspecified atom stereocenters. The summed E-state index contributed by atoms with van der Waals surface area (Å²) in [5.41, 5.74) is 6.59. The van der Waals surface area contributed by atoms with Crippen molar-refractivity contribution in [2.45, 2.75) is 13.0 Å². The maximum atomic E-state index is 12.9. The fourth-order valence-corrected chi connectivity index (χ4v) is 2.71. The summed E-state index contributed by atoms with van der Waals surface area (Å²) >= 11 is 12.3. The second kappa shape index (κ2) is 5.68. The molecule has 1 aromatic carbocycles. The Kier molecular flexibility index (Phi) is 3.87. The molecule has 0 amide bonds. The molecule has 3 aromatic rings. The summed E-state index contributed by atoms with van der Waals surface area (Å²) < 4.78 is 1.42. The predicted octanol–water partition coefficient (Wildman–Crippen LogP) is 3.11. The second-order valence-electron chi connectivity index (χ2n) is 4.86. The summed E-state index contributed by atoms with van der Waals surface area (Å²) in [6.45, 7) is 1.75. The van der Waals surface area contributed by atoms with Crippen molar-refractivity contribution in [2.75, 3.05) is 0 Å². The summed E-state index contributed by atoms with van der Waals surface area (Å²) in [5.74, 6) is 0.398. The highest BCUT2D eigenvalue weighted by Crippen LogP contribution is 2.27. The Morgan fingerprint density at radius 2 is 1.95 bits per heavy atom. The van der Waals surface area contributed by atoms with Crippen molar-refractivity contribution in [1.82, 2.24) is 14.5 Å². The molecule has 3 rings (SSSR count). The van der Waals surface area contributed by atoms with Gasteiger partial charge in [-0.25, -0.2) is 4.98 Å². The van der Waals surface area contributed by atoms with E-state index in [1.807, 2.05) is 0 Å². The van der Waals surface area contributed by atoms with Crippen LogP contribution in [0.2, 0.25) is 10.0 Å². The summed E-state index contributed by atoms with van der Waals surface area (Å²) in [6, 6.07) is 6.21. The molecule has 112 valence electrons. The van der Waals surface area contributed by atoms with E-state index in [1.54, 1.807) is 43.6 Å². The minimum Gasteiger partial charge on any atom is -0.322 e. The first-order valence-electron chi connectivity index (χ1n) is 6.57.